The lowest BCUT2D eigenvalue weighted by Gasteiger charge is -2.21. The molecule has 0 bridgehead atoms. The van der Waals surface area contributed by atoms with Gasteiger partial charge in [0.2, 0.25) is 5.91 Å². The highest BCUT2D eigenvalue weighted by atomic mass is 32.2. The van der Waals surface area contributed by atoms with Gasteiger partial charge in [-0.2, -0.15) is 8.42 Å². The predicted octanol–water partition coefficient (Wildman–Crippen LogP) is 9.79. The first-order valence-corrected chi connectivity index (χ1v) is 19.3. The Balaban J connectivity index is 4.06. The van der Waals surface area contributed by atoms with E-state index in [9.17, 15) is 22.9 Å². The van der Waals surface area contributed by atoms with Crippen LogP contribution in [0, 0.1) is 0 Å². The SMILES string of the molecule is CCCCCCCCCCC/C=C/CC/C=C/CC/C=C/C(O)C(CS(=O)(=O)O)NC(=O)CCCCCCCCCCC. The first kappa shape index (κ1) is 41.6. The molecule has 0 aliphatic heterocycles. The summed E-state index contributed by atoms with van der Waals surface area (Å²) in [6, 6.07) is -1.07. The molecule has 0 aliphatic carbocycles. The van der Waals surface area contributed by atoms with E-state index < -0.39 is 28.0 Å². The van der Waals surface area contributed by atoms with Crippen LogP contribution in [0.25, 0.3) is 0 Å². The van der Waals surface area contributed by atoms with Gasteiger partial charge >= 0.3 is 0 Å². The number of allylic oxidation sites excluding steroid dienone is 5. The average molecular weight is 626 g/mol. The molecule has 252 valence electrons. The second-order valence-corrected chi connectivity index (χ2v) is 13.6. The van der Waals surface area contributed by atoms with Gasteiger partial charge in [0, 0.05) is 6.42 Å². The molecule has 1 amide bonds. The fraction of sp³-hybridized carbons (Fsp3) is 0.806. The number of carbonyl (C=O) groups excluding carboxylic acids is 1. The van der Waals surface area contributed by atoms with E-state index in [0.29, 0.717) is 6.42 Å². The number of carbonyl (C=O) groups is 1. The van der Waals surface area contributed by atoms with Gasteiger partial charge in [-0.15, -0.1) is 0 Å². The molecule has 0 aromatic rings. The molecule has 43 heavy (non-hydrogen) atoms. The first-order valence-electron chi connectivity index (χ1n) is 17.7. The van der Waals surface area contributed by atoms with Gasteiger partial charge in [-0.3, -0.25) is 9.35 Å². The molecule has 0 fully saturated rings. The summed E-state index contributed by atoms with van der Waals surface area (Å²) >= 11 is 0. The summed E-state index contributed by atoms with van der Waals surface area (Å²) in [7, 11) is -4.35. The maximum Gasteiger partial charge on any atom is 0.267 e. The Kier molecular flexibility index (Phi) is 29.6. The third-order valence-corrected chi connectivity index (χ3v) is 8.58. The van der Waals surface area contributed by atoms with Crippen molar-refractivity contribution >= 4 is 16.0 Å². The number of rotatable bonds is 31. The van der Waals surface area contributed by atoms with Crippen LogP contribution in [0.2, 0.25) is 0 Å². The predicted molar refractivity (Wildman–Crippen MR) is 184 cm³/mol. The lowest BCUT2D eigenvalue weighted by atomic mass is 10.1. The maximum absolute atomic E-state index is 12.4. The Morgan fingerprint density at radius 3 is 1.47 bits per heavy atom. The van der Waals surface area contributed by atoms with E-state index in [2.05, 4.69) is 43.5 Å². The van der Waals surface area contributed by atoms with Crippen molar-refractivity contribution in [3.05, 3.63) is 36.5 Å². The van der Waals surface area contributed by atoms with Gasteiger partial charge in [-0.1, -0.05) is 153 Å². The summed E-state index contributed by atoms with van der Waals surface area (Å²) in [5.41, 5.74) is 0. The van der Waals surface area contributed by atoms with E-state index in [0.717, 1.165) is 38.5 Å². The lowest BCUT2D eigenvalue weighted by Crippen LogP contribution is -2.46. The molecule has 2 atom stereocenters. The lowest BCUT2D eigenvalue weighted by molar-refractivity contribution is -0.122. The molecule has 0 saturated carbocycles. The van der Waals surface area contributed by atoms with Crippen molar-refractivity contribution < 1.29 is 22.9 Å². The van der Waals surface area contributed by atoms with E-state index in [1.54, 1.807) is 6.08 Å². The molecule has 2 unspecified atom stereocenters. The molecule has 0 aromatic carbocycles. The zero-order chi connectivity index (χ0) is 31.9. The van der Waals surface area contributed by atoms with Crippen LogP contribution in [0.1, 0.15) is 168 Å². The monoisotopic (exact) mass is 625 g/mol. The smallest absolute Gasteiger partial charge is 0.267 e. The minimum absolute atomic E-state index is 0.285. The first-order chi connectivity index (χ1) is 20.8. The van der Waals surface area contributed by atoms with E-state index >= 15 is 0 Å². The van der Waals surface area contributed by atoms with Gasteiger partial charge in [-0.25, -0.2) is 0 Å². The molecule has 6 nitrogen and oxygen atoms in total. The fourth-order valence-corrected chi connectivity index (χ4v) is 5.86. The molecule has 0 aliphatic rings. The van der Waals surface area contributed by atoms with Crippen LogP contribution in [-0.4, -0.2) is 41.9 Å². The van der Waals surface area contributed by atoms with Gasteiger partial charge in [0.25, 0.3) is 10.1 Å². The zero-order valence-corrected chi connectivity index (χ0v) is 28.6. The van der Waals surface area contributed by atoms with Crippen LogP contribution in [0.15, 0.2) is 36.5 Å². The quantitative estimate of drug-likeness (QED) is 0.0404. The molecule has 3 N–H and O–H groups in total. The third kappa shape index (κ3) is 31.8. The second-order valence-electron chi connectivity index (χ2n) is 12.1. The highest BCUT2D eigenvalue weighted by Gasteiger charge is 2.24. The zero-order valence-electron chi connectivity index (χ0n) is 27.8. The standard InChI is InChI=1S/C36H67NO5S/c1-3-5-7-9-11-13-14-15-16-17-18-19-20-21-22-24-25-27-29-31-35(38)34(33-43(40,41)42)37-36(39)32-30-28-26-23-12-10-8-6-4-2/h18-19,22,24,29,31,34-35,38H,3-17,20-21,23,25-28,30,32-33H2,1-2H3,(H,37,39)(H,40,41,42)/b19-18+,24-22+,31-29+. The van der Waals surface area contributed by atoms with Crippen LogP contribution in [0.5, 0.6) is 0 Å². The van der Waals surface area contributed by atoms with E-state index in [-0.39, 0.29) is 12.3 Å². The summed E-state index contributed by atoms with van der Waals surface area (Å²) in [5.74, 6) is -1.01. The highest BCUT2D eigenvalue weighted by molar-refractivity contribution is 7.85. The van der Waals surface area contributed by atoms with Crippen LogP contribution < -0.4 is 5.32 Å². The molecule has 0 spiro atoms. The molecule has 0 rings (SSSR count). The molecule has 0 saturated heterocycles. The van der Waals surface area contributed by atoms with E-state index in [1.807, 2.05) is 0 Å². The van der Waals surface area contributed by atoms with Crippen molar-refractivity contribution in [3.8, 4) is 0 Å². The number of hydrogen-bond donors (Lipinski definition) is 3. The highest BCUT2D eigenvalue weighted by Crippen LogP contribution is 2.12. The summed E-state index contributed by atoms with van der Waals surface area (Å²) in [5, 5.41) is 13.1. The van der Waals surface area contributed by atoms with Crippen molar-refractivity contribution in [3.63, 3.8) is 0 Å². The van der Waals surface area contributed by atoms with Crippen molar-refractivity contribution in [1.29, 1.82) is 0 Å². The molecule has 0 aromatic heterocycles. The van der Waals surface area contributed by atoms with Crippen LogP contribution in [-0.2, 0) is 14.9 Å². The van der Waals surface area contributed by atoms with Crippen LogP contribution in [0.3, 0.4) is 0 Å². The number of aliphatic hydroxyl groups excluding tert-OH is 1. The number of nitrogens with one attached hydrogen (secondary N) is 1. The largest absolute Gasteiger partial charge is 0.387 e. The number of aliphatic hydroxyl groups is 1. The van der Waals surface area contributed by atoms with Crippen LogP contribution in [0.4, 0.5) is 0 Å². The minimum Gasteiger partial charge on any atom is -0.387 e. The Morgan fingerprint density at radius 1 is 0.605 bits per heavy atom. The Labute approximate surface area is 266 Å². The number of amides is 1. The van der Waals surface area contributed by atoms with Gasteiger partial charge < -0.3 is 10.4 Å². The van der Waals surface area contributed by atoms with Crippen molar-refractivity contribution in [2.24, 2.45) is 0 Å². The maximum atomic E-state index is 12.4. The molecule has 7 heteroatoms. The topological polar surface area (TPSA) is 104 Å². The number of hydrogen-bond acceptors (Lipinski definition) is 4. The Bertz CT molecular complexity index is 821. The summed E-state index contributed by atoms with van der Waals surface area (Å²) in [6.07, 6.45) is 38.5. The van der Waals surface area contributed by atoms with Crippen molar-refractivity contribution in [2.45, 2.75) is 180 Å². The normalized spacial score (nSPS) is 13.9. The summed E-state index contributed by atoms with van der Waals surface area (Å²) in [6.45, 7) is 4.47. The van der Waals surface area contributed by atoms with E-state index in [1.165, 1.54) is 109 Å². The molecular weight excluding hydrogens is 558 g/mol. The minimum atomic E-state index is -4.35. The molecule has 0 heterocycles. The van der Waals surface area contributed by atoms with Gasteiger partial charge in [0.05, 0.1) is 17.9 Å². The average Bonchev–Trinajstić information content (AvgIpc) is 2.96. The summed E-state index contributed by atoms with van der Waals surface area (Å²) in [4.78, 5) is 12.4. The Hall–Kier alpha value is -1.44. The molecule has 0 radical (unpaired) electrons. The van der Waals surface area contributed by atoms with Crippen LogP contribution >= 0.6 is 0 Å². The third-order valence-electron chi connectivity index (χ3n) is 7.80. The van der Waals surface area contributed by atoms with Gasteiger partial charge in [0.15, 0.2) is 0 Å². The Morgan fingerprint density at radius 2 is 1.00 bits per heavy atom. The molecular formula is C36H67NO5S. The number of unbranched alkanes of at least 4 members (excludes halogenated alkanes) is 19. The van der Waals surface area contributed by atoms with Crippen molar-refractivity contribution in [1.82, 2.24) is 5.32 Å². The summed E-state index contributed by atoms with van der Waals surface area (Å²) < 4.78 is 32.2. The fourth-order valence-electron chi connectivity index (χ4n) is 5.13. The second kappa shape index (κ2) is 30.6. The van der Waals surface area contributed by atoms with Gasteiger partial charge in [-0.05, 0) is 44.9 Å². The van der Waals surface area contributed by atoms with Gasteiger partial charge in [0.1, 0.15) is 0 Å². The van der Waals surface area contributed by atoms with Crippen molar-refractivity contribution in [2.75, 3.05) is 5.75 Å². The van der Waals surface area contributed by atoms with E-state index in [4.69, 9.17) is 0 Å².